The van der Waals surface area contributed by atoms with Crippen LogP contribution >= 0.6 is 11.8 Å². The van der Waals surface area contributed by atoms with Crippen LogP contribution in [0.3, 0.4) is 0 Å². The summed E-state index contributed by atoms with van der Waals surface area (Å²) in [5.41, 5.74) is 4.09. The lowest BCUT2D eigenvalue weighted by Crippen LogP contribution is -2.53. The van der Waals surface area contributed by atoms with Crippen LogP contribution in [0.25, 0.3) is 0 Å². The highest BCUT2D eigenvalue weighted by Crippen LogP contribution is 2.27. The molecule has 0 heterocycles. The summed E-state index contributed by atoms with van der Waals surface area (Å²) in [7, 11) is -4.15. The number of aryl methyl sites for hydroxylation is 2. The highest BCUT2D eigenvalue weighted by molar-refractivity contribution is 7.98. The van der Waals surface area contributed by atoms with E-state index >= 15 is 0 Å². The Hall–Kier alpha value is -4.08. The molecule has 46 heavy (non-hydrogen) atoms. The SMILES string of the molecule is CCCCNC(=O)[C@@H](Cc1ccccc1)N(Cc1ccccc1C)C(=O)CN(c1ccc(C)cc1)S(=O)(=O)c1ccc(SC)cc1. The molecule has 4 aromatic rings. The topological polar surface area (TPSA) is 86.8 Å². The lowest BCUT2D eigenvalue weighted by molar-refractivity contribution is -0.140. The van der Waals surface area contributed by atoms with Gasteiger partial charge in [-0.1, -0.05) is 85.6 Å². The molecular weight excluding hydrogens is 615 g/mol. The van der Waals surface area contributed by atoms with Crippen LogP contribution in [-0.4, -0.2) is 50.5 Å². The maximum Gasteiger partial charge on any atom is 0.264 e. The zero-order valence-electron chi connectivity index (χ0n) is 27.0. The van der Waals surface area contributed by atoms with E-state index in [0.717, 1.165) is 44.3 Å². The van der Waals surface area contributed by atoms with Crippen molar-refractivity contribution in [1.29, 1.82) is 0 Å². The number of nitrogens with zero attached hydrogens (tertiary/aromatic N) is 2. The van der Waals surface area contributed by atoms with Gasteiger partial charge in [-0.3, -0.25) is 13.9 Å². The van der Waals surface area contributed by atoms with Crippen molar-refractivity contribution in [1.82, 2.24) is 10.2 Å². The van der Waals surface area contributed by atoms with E-state index in [9.17, 15) is 18.0 Å². The number of amides is 2. The molecule has 7 nitrogen and oxygen atoms in total. The standard InChI is InChI=1S/C37H43N3O4S2/c1-5-6-24-38-37(42)35(25-30-13-8-7-9-14-30)39(26-31-15-11-10-12-29(31)3)36(41)27-40(32-18-16-28(2)17-19-32)46(43,44)34-22-20-33(45-4)21-23-34/h7-23,35H,5-6,24-27H2,1-4H3,(H,38,42)/t35-/m1/s1. The molecule has 0 aliphatic rings. The van der Waals surface area contributed by atoms with Gasteiger partial charge >= 0.3 is 0 Å². The Morgan fingerprint density at radius 3 is 2.13 bits per heavy atom. The van der Waals surface area contributed by atoms with E-state index in [4.69, 9.17) is 0 Å². The molecule has 4 rings (SSSR count). The predicted octanol–water partition coefficient (Wildman–Crippen LogP) is 6.78. The number of thioether (sulfide) groups is 1. The Balaban J connectivity index is 1.79. The Kier molecular flexibility index (Phi) is 12.5. The Morgan fingerprint density at radius 2 is 1.50 bits per heavy atom. The molecular formula is C37H43N3O4S2. The molecule has 0 radical (unpaired) electrons. The maximum absolute atomic E-state index is 14.6. The number of unbranched alkanes of at least 4 members (excludes halogenated alkanes) is 1. The molecule has 0 aromatic heterocycles. The first-order chi connectivity index (χ1) is 22.1. The first-order valence-corrected chi connectivity index (χ1v) is 18.2. The summed E-state index contributed by atoms with van der Waals surface area (Å²) in [4.78, 5) is 31.0. The second-order valence-corrected chi connectivity index (χ2v) is 14.1. The molecule has 0 aliphatic heterocycles. The van der Waals surface area contributed by atoms with Crippen molar-refractivity contribution in [2.24, 2.45) is 0 Å². The fourth-order valence-electron chi connectivity index (χ4n) is 5.15. The van der Waals surface area contributed by atoms with Crippen molar-refractivity contribution in [2.45, 2.75) is 62.4 Å². The number of benzene rings is 4. The number of anilines is 1. The van der Waals surface area contributed by atoms with E-state index in [1.807, 2.05) is 86.8 Å². The van der Waals surface area contributed by atoms with Gasteiger partial charge in [0.2, 0.25) is 11.8 Å². The second kappa shape index (κ2) is 16.5. The van der Waals surface area contributed by atoms with Crippen molar-refractivity contribution in [3.8, 4) is 0 Å². The monoisotopic (exact) mass is 657 g/mol. The highest BCUT2D eigenvalue weighted by atomic mass is 32.2. The summed E-state index contributed by atoms with van der Waals surface area (Å²) in [6.07, 6.45) is 3.93. The van der Waals surface area contributed by atoms with Crippen LogP contribution in [0.2, 0.25) is 0 Å². The number of carbonyl (C=O) groups is 2. The van der Waals surface area contributed by atoms with E-state index < -0.39 is 28.5 Å². The zero-order valence-corrected chi connectivity index (χ0v) is 28.6. The van der Waals surface area contributed by atoms with Crippen molar-refractivity contribution >= 4 is 39.3 Å². The van der Waals surface area contributed by atoms with Gasteiger partial charge in [0, 0.05) is 24.4 Å². The summed E-state index contributed by atoms with van der Waals surface area (Å²) in [6.45, 7) is 6.10. The maximum atomic E-state index is 14.6. The summed E-state index contributed by atoms with van der Waals surface area (Å²) in [5.74, 6) is -0.739. The molecule has 0 unspecified atom stereocenters. The second-order valence-electron chi connectivity index (χ2n) is 11.3. The molecule has 1 atom stereocenters. The van der Waals surface area contributed by atoms with Crippen LogP contribution in [0.15, 0.2) is 113 Å². The third kappa shape index (κ3) is 9.01. The summed E-state index contributed by atoms with van der Waals surface area (Å²) in [6, 6.07) is 30.2. The van der Waals surface area contributed by atoms with Crippen LogP contribution in [0.4, 0.5) is 5.69 Å². The first kappa shape index (κ1) is 34.8. The van der Waals surface area contributed by atoms with Gasteiger partial charge < -0.3 is 10.2 Å². The minimum Gasteiger partial charge on any atom is -0.354 e. The van der Waals surface area contributed by atoms with Crippen molar-refractivity contribution < 1.29 is 18.0 Å². The molecule has 2 amide bonds. The average Bonchev–Trinajstić information content (AvgIpc) is 3.07. The first-order valence-electron chi connectivity index (χ1n) is 15.5. The molecule has 242 valence electrons. The highest BCUT2D eigenvalue weighted by Gasteiger charge is 2.34. The molecule has 9 heteroatoms. The van der Waals surface area contributed by atoms with Crippen LogP contribution in [0, 0.1) is 13.8 Å². The van der Waals surface area contributed by atoms with E-state index in [1.54, 1.807) is 41.3 Å². The van der Waals surface area contributed by atoms with Gasteiger partial charge in [0.15, 0.2) is 0 Å². The Labute approximate surface area is 278 Å². The molecule has 0 aliphatic carbocycles. The third-order valence-electron chi connectivity index (χ3n) is 7.95. The number of rotatable bonds is 15. The van der Waals surface area contributed by atoms with Crippen molar-refractivity contribution in [3.63, 3.8) is 0 Å². The van der Waals surface area contributed by atoms with Gasteiger partial charge in [0.1, 0.15) is 12.6 Å². The van der Waals surface area contributed by atoms with E-state index in [2.05, 4.69) is 12.2 Å². The minimum absolute atomic E-state index is 0.0854. The minimum atomic E-state index is -4.15. The van der Waals surface area contributed by atoms with Crippen molar-refractivity contribution in [2.75, 3.05) is 23.7 Å². The average molecular weight is 658 g/mol. The summed E-state index contributed by atoms with van der Waals surface area (Å²) < 4.78 is 29.6. The molecule has 1 N–H and O–H groups in total. The van der Waals surface area contributed by atoms with Gasteiger partial charge in [-0.2, -0.15) is 0 Å². The molecule has 0 spiro atoms. The van der Waals surface area contributed by atoms with Crippen LogP contribution in [0.5, 0.6) is 0 Å². The third-order valence-corrected chi connectivity index (χ3v) is 10.5. The number of nitrogens with one attached hydrogen (secondary N) is 1. The van der Waals surface area contributed by atoms with Crippen LogP contribution < -0.4 is 9.62 Å². The van der Waals surface area contributed by atoms with Gasteiger partial charge in [0.05, 0.1) is 10.6 Å². The number of carbonyl (C=O) groups excluding carboxylic acids is 2. The summed E-state index contributed by atoms with van der Waals surface area (Å²) >= 11 is 1.52. The number of sulfonamides is 1. The lowest BCUT2D eigenvalue weighted by atomic mass is 10.0. The smallest absolute Gasteiger partial charge is 0.264 e. The number of hydrogen-bond donors (Lipinski definition) is 1. The Bertz CT molecular complexity index is 1690. The van der Waals surface area contributed by atoms with E-state index in [-0.39, 0.29) is 23.8 Å². The fraction of sp³-hybridized carbons (Fsp3) is 0.297. The van der Waals surface area contributed by atoms with Gasteiger partial charge in [-0.05, 0) is 79.6 Å². The molecule has 0 saturated carbocycles. The number of hydrogen-bond acceptors (Lipinski definition) is 5. The molecule has 0 fully saturated rings. The van der Waals surface area contributed by atoms with Crippen molar-refractivity contribution in [3.05, 3.63) is 125 Å². The summed E-state index contributed by atoms with van der Waals surface area (Å²) in [5, 5.41) is 3.03. The van der Waals surface area contributed by atoms with Crippen LogP contribution in [0.1, 0.15) is 42.0 Å². The Morgan fingerprint density at radius 1 is 0.848 bits per heavy atom. The van der Waals surface area contributed by atoms with E-state index in [1.165, 1.54) is 11.8 Å². The molecule has 0 saturated heterocycles. The lowest BCUT2D eigenvalue weighted by Gasteiger charge is -2.34. The predicted molar refractivity (Wildman–Crippen MR) is 188 cm³/mol. The van der Waals surface area contributed by atoms with Crippen LogP contribution in [-0.2, 0) is 32.6 Å². The normalized spacial score (nSPS) is 11.9. The van der Waals surface area contributed by atoms with Gasteiger partial charge in [0.25, 0.3) is 10.0 Å². The van der Waals surface area contributed by atoms with Gasteiger partial charge in [-0.15, -0.1) is 11.8 Å². The zero-order chi connectivity index (χ0) is 33.1. The fourth-order valence-corrected chi connectivity index (χ4v) is 6.97. The van der Waals surface area contributed by atoms with E-state index in [0.29, 0.717) is 12.2 Å². The molecule has 0 bridgehead atoms. The molecule has 4 aromatic carbocycles. The van der Waals surface area contributed by atoms with Gasteiger partial charge in [-0.25, -0.2) is 8.42 Å². The largest absolute Gasteiger partial charge is 0.354 e. The quantitative estimate of drug-likeness (QED) is 0.113.